The van der Waals surface area contributed by atoms with Crippen molar-refractivity contribution in [2.24, 2.45) is 0 Å². The Morgan fingerprint density at radius 1 is 1.37 bits per heavy atom. The van der Waals surface area contributed by atoms with Gasteiger partial charge in [-0.1, -0.05) is 28.1 Å². The minimum atomic E-state index is 0.183. The van der Waals surface area contributed by atoms with Gasteiger partial charge in [0, 0.05) is 11.0 Å². The molecule has 1 aliphatic heterocycles. The van der Waals surface area contributed by atoms with Crippen LogP contribution in [0, 0.1) is 0 Å². The van der Waals surface area contributed by atoms with Gasteiger partial charge in [0.25, 0.3) is 0 Å². The lowest BCUT2D eigenvalue weighted by Crippen LogP contribution is -2.31. The van der Waals surface area contributed by atoms with E-state index in [0.29, 0.717) is 5.75 Å². The molecule has 3 nitrogen and oxygen atoms in total. The molecule has 0 aromatic heterocycles. The quantitative estimate of drug-likeness (QED) is 0.821. The molecular formula is C14H19BrN2OS. The molecule has 1 aromatic rings. The molecule has 0 bridgehead atoms. The van der Waals surface area contributed by atoms with Crippen LogP contribution in [0.2, 0.25) is 0 Å². The second kappa shape index (κ2) is 6.77. The molecule has 104 valence electrons. The summed E-state index contributed by atoms with van der Waals surface area (Å²) in [5.41, 5.74) is 1.21. The van der Waals surface area contributed by atoms with E-state index in [-0.39, 0.29) is 11.3 Å². The van der Waals surface area contributed by atoms with Crippen molar-refractivity contribution in [1.82, 2.24) is 9.80 Å². The van der Waals surface area contributed by atoms with Crippen LogP contribution < -0.4 is 0 Å². The first kappa shape index (κ1) is 14.9. The van der Waals surface area contributed by atoms with Crippen LogP contribution in [-0.2, 0) is 4.79 Å². The Kier molecular flexibility index (Phi) is 5.30. The third kappa shape index (κ3) is 3.97. The van der Waals surface area contributed by atoms with E-state index in [0.717, 1.165) is 24.0 Å². The van der Waals surface area contributed by atoms with E-state index in [1.54, 1.807) is 11.8 Å². The molecular weight excluding hydrogens is 324 g/mol. The number of rotatable bonds is 5. The molecule has 19 heavy (non-hydrogen) atoms. The van der Waals surface area contributed by atoms with Crippen molar-refractivity contribution in [3.05, 3.63) is 34.3 Å². The fraction of sp³-hybridized carbons (Fsp3) is 0.500. The van der Waals surface area contributed by atoms with Crippen LogP contribution in [-0.4, -0.2) is 48.6 Å². The molecule has 0 saturated carbocycles. The number of carbonyl (C=O) groups is 1. The number of amides is 1. The fourth-order valence-electron chi connectivity index (χ4n) is 2.16. The molecule has 1 heterocycles. The molecule has 0 spiro atoms. The zero-order chi connectivity index (χ0) is 13.8. The summed E-state index contributed by atoms with van der Waals surface area (Å²) in [4.78, 5) is 16.1. The largest absolute Gasteiger partial charge is 0.326 e. The summed E-state index contributed by atoms with van der Waals surface area (Å²) in [5, 5.41) is 0.183. The molecule has 0 radical (unpaired) electrons. The molecule has 1 amide bonds. The Hall–Kier alpha value is -0.520. The van der Waals surface area contributed by atoms with Crippen LogP contribution >= 0.6 is 27.7 Å². The van der Waals surface area contributed by atoms with Gasteiger partial charge in [-0.2, -0.15) is 0 Å². The van der Waals surface area contributed by atoms with E-state index < -0.39 is 0 Å². The van der Waals surface area contributed by atoms with Gasteiger partial charge in [0.05, 0.1) is 5.75 Å². The molecule has 0 unspecified atom stereocenters. The van der Waals surface area contributed by atoms with E-state index in [4.69, 9.17) is 0 Å². The normalized spacial score (nSPS) is 19.5. The van der Waals surface area contributed by atoms with Gasteiger partial charge in [0.2, 0.25) is 5.91 Å². The highest BCUT2D eigenvalue weighted by molar-refractivity contribution is 9.10. The summed E-state index contributed by atoms with van der Waals surface area (Å²) in [7, 11) is 4.12. The number of thioether (sulfide) groups is 1. The molecule has 0 aliphatic carbocycles. The van der Waals surface area contributed by atoms with Crippen molar-refractivity contribution in [3.63, 3.8) is 0 Å². The predicted molar refractivity (Wildman–Crippen MR) is 84.2 cm³/mol. The highest BCUT2D eigenvalue weighted by Gasteiger charge is 2.32. The second-order valence-corrected chi connectivity index (χ2v) is 6.94. The molecule has 5 heteroatoms. The molecule has 2 rings (SSSR count). The van der Waals surface area contributed by atoms with Crippen molar-refractivity contribution in [2.45, 2.75) is 11.8 Å². The number of benzene rings is 1. The minimum absolute atomic E-state index is 0.183. The van der Waals surface area contributed by atoms with Crippen LogP contribution in [0.1, 0.15) is 17.4 Å². The summed E-state index contributed by atoms with van der Waals surface area (Å²) in [6, 6.07) is 8.27. The first-order chi connectivity index (χ1) is 9.08. The Balaban J connectivity index is 2.02. The fourth-order valence-corrected chi connectivity index (χ4v) is 3.64. The maximum absolute atomic E-state index is 12.0. The SMILES string of the molecule is CN(C)CCCN1C(=O)CS[C@H]1c1ccc(Br)cc1. The Morgan fingerprint density at radius 2 is 2.05 bits per heavy atom. The number of halogens is 1. The third-order valence-electron chi connectivity index (χ3n) is 3.13. The summed E-state index contributed by atoms with van der Waals surface area (Å²) in [6.45, 7) is 1.85. The van der Waals surface area contributed by atoms with Crippen LogP contribution in [0.25, 0.3) is 0 Å². The lowest BCUT2D eigenvalue weighted by molar-refractivity contribution is -0.128. The number of carbonyl (C=O) groups excluding carboxylic acids is 1. The van der Waals surface area contributed by atoms with Gasteiger partial charge in [-0.3, -0.25) is 4.79 Å². The van der Waals surface area contributed by atoms with Crippen LogP contribution in [0.5, 0.6) is 0 Å². The first-order valence-corrected chi connectivity index (χ1v) is 8.23. The molecule has 1 saturated heterocycles. The maximum atomic E-state index is 12.0. The van der Waals surface area contributed by atoms with Crippen molar-refractivity contribution in [1.29, 1.82) is 0 Å². The minimum Gasteiger partial charge on any atom is -0.326 e. The van der Waals surface area contributed by atoms with Gasteiger partial charge < -0.3 is 9.80 Å². The predicted octanol–water partition coefficient (Wildman–Crippen LogP) is 2.97. The Labute approximate surface area is 127 Å². The van der Waals surface area contributed by atoms with Gasteiger partial charge in [0.15, 0.2) is 0 Å². The monoisotopic (exact) mass is 342 g/mol. The summed E-state index contributed by atoms with van der Waals surface area (Å²) < 4.78 is 1.07. The average Bonchev–Trinajstić information content (AvgIpc) is 2.72. The molecule has 1 fully saturated rings. The first-order valence-electron chi connectivity index (χ1n) is 6.39. The maximum Gasteiger partial charge on any atom is 0.233 e. The van der Waals surface area contributed by atoms with Crippen molar-refractivity contribution < 1.29 is 4.79 Å². The number of nitrogens with zero attached hydrogens (tertiary/aromatic N) is 2. The highest BCUT2D eigenvalue weighted by atomic mass is 79.9. The standard InChI is InChI=1S/C14H19BrN2OS/c1-16(2)8-3-9-17-13(18)10-19-14(17)11-4-6-12(15)7-5-11/h4-7,14H,3,8-10H2,1-2H3/t14-/m0/s1. The van der Waals surface area contributed by atoms with Gasteiger partial charge >= 0.3 is 0 Å². The van der Waals surface area contributed by atoms with Crippen molar-refractivity contribution >= 4 is 33.6 Å². The molecule has 1 aromatic carbocycles. The van der Waals surface area contributed by atoms with E-state index in [1.807, 2.05) is 17.0 Å². The zero-order valence-electron chi connectivity index (χ0n) is 11.3. The smallest absolute Gasteiger partial charge is 0.233 e. The Bertz CT molecular complexity index is 436. The molecule has 1 aliphatic rings. The van der Waals surface area contributed by atoms with Crippen LogP contribution in [0.4, 0.5) is 0 Å². The summed E-state index contributed by atoms with van der Waals surface area (Å²) >= 11 is 5.17. The van der Waals surface area contributed by atoms with E-state index in [9.17, 15) is 4.79 Å². The average molecular weight is 343 g/mol. The van der Waals surface area contributed by atoms with Gasteiger partial charge in [0.1, 0.15) is 5.37 Å². The van der Waals surface area contributed by atoms with Gasteiger partial charge in [-0.05, 0) is 44.8 Å². The Morgan fingerprint density at radius 3 is 2.68 bits per heavy atom. The number of hydrogen-bond donors (Lipinski definition) is 0. The molecule has 1 atom stereocenters. The van der Waals surface area contributed by atoms with E-state index in [1.165, 1.54) is 5.56 Å². The van der Waals surface area contributed by atoms with E-state index in [2.05, 4.69) is 47.1 Å². The van der Waals surface area contributed by atoms with Gasteiger partial charge in [-0.15, -0.1) is 11.8 Å². The lowest BCUT2D eigenvalue weighted by Gasteiger charge is -2.25. The second-order valence-electron chi connectivity index (χ2n) is 4.96. The van der Waals surface area contributed by atoms with Crippen LogP contribution in [0.3, 0.4) is 0 Å². The topological polar surface area (TPSA) is 23.6 Å². The lowest BCUT2D eigenvalue weighted by atomic mass is 10.2. The van der Waals surface area contributed by atoms with Crippen molar-refractivity contribution in [3.8, 4) is 0 Å². The number of hydrogen-bond acceptors (Lipinski definition) is 3. The molecule has 0 N–H and O–H groups in total. The zero-order valence-corrected chi connectivity index (χ0v) is 13.7. The summed E-state index contributed by atoms with van der Waals surface area (Å²) in [6.07, 6.45) is 1.02. The third-order valence-corrected chi connectivity index (χ3v) is 4.91. The highest BCUT2D eigenvalue weighted by Crippen LogP contribution is 2.38. The van der Waals surface area contributed by atoms with Crippen molar-refractivity contribution in [2.75, 3.05) is 32.9 Å². The summed E-state index contributed by atoms with van der Waals surface area (Å²) in [5.74, 6) is 0.861. The van der Waals surface area contributed by atoms with E-state index >= 15 is 0 Å². The van der Waals surface area contributed by atoms with Gasteiger partial charge in [-0.25, -0.2) is 0 Å². The van der Waals surface area contributed by atoms with Crippen LogP contribution in [0.15, 0.2) is 28.7 Å².